The molecular weight excluding hydrogens is 283 g/mol. The molecule has 110 valence electrons. The SMILES string of the molecule is O=C(NCc1cccc(F)c1)c1cccc(OC(F)F)c1. The van der Waals surface area contributed by atoms with E-state index < -0.39 is 18.3 Å². The lowest BCUT2D eigenvalue weighted by Gasteiger charge is -2.08. The van der Waals surface area contributed by atoms with Crippen LogP contribution in [0.15, 0.2) is 48.5 Å². The van der Waals surface area contributed by atoms with Gasteiger partial charge in [0.2, 0.25) is 0 Å². The number of carbonyl (C=O) groups is 1. The molecule has 2 aromatic carbocycles. The van der Waals surface area contributed by atoms with Crippen LogP contribution in [0.1, 0.15) is 15.9 Å². The molecule has 1 N–H and O–H groups in total. The maximum atomic E-state index is 13.0. The lowest BCUT2D eigenvalue weighted by atomic mass is 10.2. The van der Waals surface area contributed by atoms with Crippen LogP contribution in [0.2, 0.25) is 0 Å². The fourth-order valence-corrected chi connectivity index (χ4v) is 1.74. The molecule has 0 saturated heterocycles. The minimum absolute atomic E-state index is 0.0941. The number of amides is 1. The van der Waals surface area contributed by atoms with E-state index in [2.05, 4.69) is 10.1 Å². The number of halogens is 3. The van der Waals surface area contributed by atoms with Gasteiger partial charge in [-0.05, 0) is 35.9 Å². The molecule has 0 atom stereocenters. The summed E-state index contributed by atoms with van der Waals surface area (Å²) in [6.07, 6.45) is 0. The first-order valence-corrected chi connectivity index (χ1v) is 6.12. The average molecular weight is 295 g/mol. The Hall–Kier alpha value is -2.50. The van der Waals surface area contributed by atoms with Gasteiger partial charge in [-0.3, -0.25) is 4.79 Å². The van der Waals surface area contributed by atoms with Gasteiger partial charge in [0.1, 0.15) is 11.6 Å². The lowest BCUT2D eigenvalue weighted by Crippen LogP contribution is -2.22. The molecule has 6 heteroatoms. The van der Waals surface area contributed by atoms with Crippen LogP contribution >= 0.6 is 0 Å². The third-order valence-electron chi connectivity index (χ3n) is 2.66. The van der Waals surface area contributed by atoms with Gasteiger partial charge < -0.3 is 10.1 Å². The predicted molar refractivity (Wildman–Crippen MR) is 70.6 cm³/mol. The van der Waals surface area contributed by atoms with Crippen molar-refractivity contribution < 1.29 is 22.7 Å². The highest BCUT2D eigenvalue weighted by molar-refractivity contribution is 5.94. The van der Waals surface area contributed by atoms with Gasteiger partial charge in [0, 0.05) is 12.1 Å². The number of rotatable bonds is 5. The molecule has 0 bridgehead atoms. The minimum Gasteiger partial charge on any atom is -0.435 e. The van der Waals surface area contributed by atoms with Gasteiger partial charge >= 0.3 is 6.61 Å². The zero-order valence-electron chi connectivity index (χ0n) is 10.9. The Morgan fingerprint density at radius 1 is 1.14 bits per heavy atom. The predicted octanol–water partition coefficient (Wildman–Crippen LogP) is 3.36. The Morgan fingerprint density at radius 2 is 1.90 bits per heavy atom. The summed E-state index contributed by atoms with van der Waals surface area (Å²) in [5.41, 5.74) is 0.785. The van der Waals surface area contributed by atoms with Crippen LogP contribution in [0, 0.1) is 5.82 Å². The van der Waals surface area contributed by atoms with Crippen molar-refractivity contribution in [2.45, 2.75) is 13.2 Å². The van der Waals surface area contributed by atoms with Crippen molar-refractivity contribution in [2.75, 3.05) is 0 Å². The first-order valence-electron chi connectivity index (χ1n) is 6.12. The Morgan fingerprint density at radius 3 is 2.62 bits per heavy atom. The second kappa shape index (κ2) is 6.78. The van der Waals surface area contributed by atoms with Crippen molar-refractivity contribution in [1.29, 1.82) is 0 Å². The summed E-state index contributed by atoms with van der Waals surface area (Å²) in [7, 11) is 0. The smallest absolute Gasteiger partial charge is 0.387 e. The third-order valence-corrected chi connectivity index (χ3v) is 2.66. The molecule has 0 fully saturated rings. The van der Waals surface area contributed by atoms with Crippen molar-refractivity contribution in [2.24, 2.45) is 0 Å². The number of nitrogens with one attached hydrogen (secondary N) is 1. The van der Waals surface area contributed by atoms with E-state index in [1.807, 2.05) is 0 Å². The fourth-order valence-electron chi connectivity index (χ4n) is 1.74. The van der Waals surface area contributed by atoms with Crippen molar-refractivity contribution in [3.8, 4) is 5.75 Å². The van der Waals surface area contributed by atoms with Crippen LogP contribution in [0.5, 0.6) is 5.75 Å². The molecule has 21 heavy (non-hydrogen) atoms. The van der Waals surface area contributed by atoms with Crippen LogP contribution in [0.3, 0.4) is 0 Å². The zero-order chi connectivity index (χ0) is 15.2. The van der Waals surface area contributed by atoms with E-state index in [0.29, 0.717) is 5.56 Å². The van der Waals surface area contributed by atoms with Gasteiger partial charge in [-0.2, -0.15) is 8.78 Å². The van der Waals surface area contributed by atoms with Gasteiger partial charge in [0.05, 0.1) is 0 Å². The maximum absolute atomic E-state index is 13.0. The second-order valence-electron chi connectivity index (χ2n) is 4.22. The summed E-state index contributed by atoms with van der Waals surface area (Å²) in [4.78, 5) is 11.9. The molecule has 0 unspecified atom stereocenters. The summed E-state index contributed by atoms with van der Waals surface area (Å²) in [6.45, 7) is -2.81. The van der Waals surface area contributed by atoms with Crippen molar-refractivity contribution in [3.63, 3.8) is 0 Å². The number of benzene rings is 2. The molecule has 0 aliphatic carbocycles. The summed E-state index contributed by atoms with van der Waals surface area (Å²) in [6, 6.07) is 11.3. The first kappa shape index (κ1) is 14.9. The van der Waals surface area contributed by atoms with Gasteiger partial charge in [0.25, 0.3) is 5.91 Å². The molecule has 0 radical (unpaired) electrons. The van der Waals surface area contributed by atoms with Gasteiger partial charge in [-0.1, -0.05) is 18.2 Å². The van der Waals surface area contributed by atoms with Crippen molar-refractivity contribution in [3.05, 3.63) is 65.5 Å². The first-order chi connectivity index (χ1) is 10.0. The molecular formula is C15H12F3NO2. The highest BCUT2D eigenvalue weighted by Gasteiger charge is 2.09. The third kappa shape index (κ3) is 4.52. The van der Waals surface area contributed by atoms with Crippen LogP contribution in [-0.4, -0.2) is 12.5 Å². The Bertz CT molecular complexity index is 632. The minimum atomic E-state index is -2.95. The molecule has 0 aliphatic heterocycles. The maximum Gasteiger partial charge on any atom is 0.387 e. The van der Waals surface area contributed by atoms with E-state index in [4.69, 9.17) is 0 Å². The van der Waals surface area contributed by atoms with Crippen LogP contribution in [0.25, 0.3) is 0 Å². The lowest BCUT2D eigenvalue weighted by molar-refractivity contribution is -0.0498. The van der Waals surface area contributed by atoms with Gasteiger partial charge in [-0.25, -0.2) is 4.39 Å². The fraction of sp³-hybridized carbons (Fsp3) is 0.133. The molecule has 0 aliphatic rings. The molecule has 0 aromatic heterocycles. The molecule has 3 nitrogen and oxygen atoms in total. The quantitative estimate of drug-likeness (QED) is 0.918. The van der Waals surface area contributed by atoms with E-state index in [1.165, 1.54) is 42.5 Å². The van der Waals surface area contributed by atoms with Crippen LogP contribution < -0.4 is 10.1 Å². The van der Waals surface area contributed by atoms with Gasteiger partial charge in [-0.15, -0.1) is 0 Å². The van der Waals surface area contributed by atoms with E-state index in [0.717, 1.165) is 0 Å². The molecule has 0 spiro atoms. The van der Waals surface area contributed by atoms with Crippen LogP contribution in [-0.2, 0) is 6.54 Å². The van der Waals surface area contributed by atoms with E-state index in [-0.39, 0.29) is 17.9 Å². The Kier molecular flexibility index (Phi) is 4.81. The van der Waals surface area contributed by atoms with Crippen molar-refractivity contribution in [1.82, 2.24) is 5.32 Å². The number of alkyl halides is 2. The zero-order valence-corrected chi connectivity index (χ0v) is 10.9. The summed E-state index contributed by atoms with van der Waals surface area (Å²) >= 11 is 0. The highest BCUT2D eigenvalue weighted by Crippen LogP contribution is 2.16. The molecule has 2 aromatic rings. The Balaban J connectivity index is 2.00. The van der Waals surface area contributed by atoms with Crippen molar-refractivity contribution >= 4 is 5.91 Å². The van der Waals surface area contributed by atoms with E-state index in [1.54, 1.807) is 6.07 Å². The summed E-state index contributed by atoms with van der Waals surface area (Å²) in [5, 5.41) is 2.57. The summed E-state index contributed by atoms with van der Waals surface area (Å²) in [5.74, 6) is -0.948. The molecule has 1 amide bonds. The van der Waals surface area contributed by atoms with E-state index >= 15 is 0 Å². The van der Waals surface area contributed by atoms with Gasteiger partial charge in [0.15, 0.2) is 0 Å². The molecule has 2 rings (SSSR count). The Labute approximate surface area is 119 Å². The standard InChI is InChI=1S/C15H12F3NO2/c16-12-5-1-3-10(7-12)9-19-14(20)11-4-2-6-13(8-11)21-15(17)18/h1-8,15H,9H2,(H,19,20). The van der Waals surface area contributed by atoms with E-state index in [9.17, 15) is 18.0 Å². The number of ether oxygens (including phenoxy) is 1. The average Bonchev–Trinajstić information content (AvgIpc) is 2.44. The highest BCUT2D eigenvalue weighted by atomic mass is 19.3. The topological polar surface area (TPSA) is 38.3 Å². The number of hydrogen-bond acceptors (Lipinski definition) is 2. The van der Waals surface area contributed by atoms with Crippen LogP contribution in [0.4, 0.5) is 13.2 Å². The number of hydrogen-bond donors (Lipinski definition) is 1. The summed E-state index contributed by atoms with van der Waals surface area (Å²) < 4.78 is 41.4. The normalized spacial score (nSPS) is 10.5. The number of carbonyl (C=O) groups excluding carboxylic acids is 1. The largest absolute Gasteiger partial charge is 0.435 e. The molecule has 0 heterocycles. The monoisotopic (exact) mass is 295 g/mol. The molecule has 0 saturated carbocycles. The second-order valence-corrected chi connectivity index (χ2v) is 4.22.